The lowest BCUT2D eigenvalue weighted by Crippen LogP contribution is -2.05. The fourth-order valence-electron chi connectivity index (χ4n) is 1.92. The molecule has 102 valence electrons. The Bertz CT molecular complexity index is 546. The average molecular weight is 279 g/mol. The van der Waals surface area contributed by atoms with Crippen molar-refractivity contribution in [2.45, 2.75) is 33.2 Å². The van der Waals surface area contributed by atoms with Crippen molar-refractivity contribution in [2.75, 3.05) is 0 Å². The average Bonchev–Trinajstić information content (AvgIpc) is 2.94. The molecule has 0 bridgehead atoms. The Morgan fingerprint density at radius 1 is 1.53 bits per heavy atom. The maximum absolute atomic E-state index is 11.2. The van der Waals surface area contributed by atoms with Gasteiger partial charge in [-0.15, -0.1) is 16.4 Å². The first-order valence-corrected chi connectivity index (χ1v) is 7.18. The number of rotatable bonds is 6. The summed E-state index contributed by atoms with van der Waals surface area (Å²) < 4.78 is 1.71. The van der Waals surface area contributed by atoms with E-state index >= 15 is 0 Å². The SMILES string of the molecule is CC(C)CCCn1nnc(C(=O)O)c1-c1cccs1. The van der Waals surface area contributed by atoms with Gasteiger partial charge in [-0.2, -0.15) is 0 Å². The molecule has 0 atom stereocenters. The number of thiophene rings is 1. The van der Waals surface area contributed by atoms with Gasteiger partial charge in [-0.05, 0) is 30.2 Å². The van der Waals surface area contributed by atoms with Crippen molar-refractivity contribution in [3.63, 3.8) is 0 Å². The molecule has 0 radical (unpaired) electrons. The third kappa shape index (κ3) is 3.20. The van der Waals surface area contributed by atoms with E-state index in [0.29, 0.717) is 18.2 Å². The Morgan fingerprint density at radius 2 is 2.32 bits per heavy atom. The Balaban J connectivity index is 2.26. The van der Waals surface area contributed by atoms with Gasteiger partial charge in [0.05, 0.1) is 4.88 Å². The Labute approximate surface area is 115 Å². The van der Waals surface area contributed by atoms with Crippen molar-refractivity contribution >= 4 is 17.3 Å². The summed E-state index contributed by atoms with van der Waals surface area (Å²) in [4.78, 5) is 12.1. The first-order valence-electron chi connectivity index (χ1n) is 6.30. The molecule has 0 aliphatic rings. The lowest BCUT2D eigenvalue weighted by molar-refractivity contribution is 0.0691. The Hall–Kier alpha value is -1.69. The molecule has 0 spiro atoms. The number of aromatic nitrogens is 3. The number of carbonyl (C=O) groups is 1. The number of carboxylic acids is 1. The fraction of sp³-hybridized carbons (Fsp3) is 0.462. The van der Waals surface area contributed by atoms with Crippen molar-refractivity contribution in [2.24, 2.45) is 5.92 Å². The molecule has 0 saturated carbocycles. The highest BCUT2D eigenvalue weighted by molar-refractivity contribution is 7.13. The highest BCUT2D eigenvalue weighted by Gasteiger charge is 2.20. The molecule has 0 fully saturated rings. The van der Waals surface area contributed by atoms with Crippen molar-refractivity contribution in [3.8, 4) is 10.6 Å². The van der Waals surface area contributed by atoms with E-state index in [4.69, 9.17) is 0 Å². The molecule has 0 aromatic carbocycles. The monoisotopic (exact) mass is 279 g/mol. The molecule has 2 aromatic rings. The third-order valence-electron chi connectivity index (χ3n) is 2.84. The number of hydrogen-bond acceptors (Lipinski definition) is 4. The van der Waals surface area contributed by atoms with Crippen molar-refractivity contribution < 1.29 is 9.90 Å². The highest BCUT2D eigenvalue weighted by Crippen LogP contribution is 2.27. The van der Waals surface area contributed by atoms with E-state index in [1.165, 1.54) is 11.3 Å². The van der Waals surface area contributed by atoms with Gasteiger partial charge in [-0.3, -0.25) is 0 Å². The van der Waals surface area contributed by atoms with Crippen LogP contribution in [0.15, 0.2) is 17.5 Å². The van der Waals surface area contributed by atoms with Gasteiger partial charge < -0.3 is 5.11 Å². The molecule has 0 unspecified atom stereocenters. The van der Waals surface area contributed by atoms with E-state index in [-0.39, 0.29) is 5.69 Å². The molecular weight excluding hydrogens is 262 g/mol. The van der Waals surface area contributed by atoms with Gasteiger partial charge in [-0.1, -0.05) is 25.1 Å². The van der Waals surface area contributed by atoms with Gasteiger partial charge in [0.2, 0.25) is 0 Å². The van der Waals surface area contributed by atoms with Crippen LogP contribution in [0.2, 0.25) is 0 Å². The lowest BCUT2D eigenvalue weighted by atomic mass is 10.1. The zero-order valence-corrected chi connectivity index (χ0v) is 11.9. The van der Waals surface area contributed by atoms with E-state index in [1.807, 2.05) is 17.5 Å². The van der Waals surface area contributed by atoms with Gasteiger partial charge in [0.1, 0.15) is 5.69 Å². The maximum atomic E-state index is 11.2. The van der Waals surface area contributed by atoms with Crippen molar-refractivity contribution in [3.05, 3.63) is 23.2 Å². The second kappa shape index (κ2) is 5.97. The molecule has 1 N–H and O–H groups in total. The summed E-state index contributed by atoms with van der Waals surface area (Å²) in [5, 5.41) is 18.9. The van der Waals surface area contributed by atoms with Gasteiger partial charge in [0.25, 0.3) is 0 Å². The minimum Gasteiger partial charge on any atom is -0.476 e. The van der Waals surface area contributed by atoms with Gasteiger partial charge in [-0.25, -0.2) is 9.48 Å². The van der Waals surface area contributed by atoms with Crippen molar-refractivity contribution in [1.82, 2.24) is 15.0 Å². The number of carboxylic acid groups (broad SMARTS) is 1. The predicted molar refractivity (Wildman–Crippen MR) is 74.4 cm³/mol. The van der Waals surface area contributed by atoms with Crippen LogP contribution in [-0.4, -0.2) is 26.1 Å². The molecule has 2 aromatic heterocycles. The second-order valence-corrected chi connectivity index (χ2v) is 5.78. The minimum atomic E-state index is -1.03. The van der Waals surface area contributed by atoms with Gasteiger partial charge >= 0.3 is 5.97 Å². The van der Waals surface area contributed by atoms with E-state index in [9.17, 15) is 9.90 Å². The normalized spacial score (nSPS) is 11.1. The summed E-state index contributed by atoms with van der Waals surface area (Å²) >= 11 is 1.50. The van der Waals surface area contributed by atoms with Crippen LogP contribution in [0.1, 0.15) is 37.2 Å². The largest absolute Gasteiger partial charge is 0.476 e. The van der Waals surface area contributed by atoms with E-state index in [2.05, 4.69) is 24.2 Å². The number of nitrogens with zero attached hydrogens (tertiary/aromatic N) is 3. The van der Waals surface area contributed by atoms with Crippen LogP contribution in [0.4, 0.5) is 0 Å². The van der Waals surface area contributed by atoms with Gasteiger partial charge in [0, 0.05) is 6.54 Å². The molecule has 0 aliphatic heterocycles. The third-order valence-corrected chi connectivity index (χ3v) is 3.72. The highest BCUT2D eigenvalue weighted by atomic mass is 32.1. The molecule has 0 amide bonds. The van der Waals surface area contributed by atoms with E-state index in [0.717, 1.165) is 17.7 Å². The number of hydrogen-bond donors (Lipinski definition) is 1. The van der Waals surface area contributed by atoms with Crippen LogP contribution in [0.5, 0.6) is 0 Å². The summed E-state index contributed by atoms with van der Waals surface area (Å²) in [6.45, 7) is 5.04. The Morgan fingerprint density at radius 3 is 2.89 bits per heavy atom. The van der Waals surface area contributed by atoms with Crippen molar-refractivity contribution in [1.29, 1.82) is 0 Å². The van der Waals surface area contributed by atoms with Crippen LogP contribution < -0.4 is 0 Å². The Kier molecular flexibility index (Phi) is 4.31. The molecule has 19 heavy (non-hydrogen) atoms. The molecule has 5 nitrogen and oxygen atoms in total. The number of aromatic carboxylic acids is 1. The molecule has 2 rings (SSSR count). The van der Waals surface area contributed by atoms with Crippen LogP contribution in [-0.2, 0) is 6.54 Å². The fourth-order valence-corrected chi connectivity index (χ4v) is 2.69. The molecular formula is C13H17N3O2S. The summed E-state index contributed by atoms with van der Waals surface area (Å²) in [5.41, 5.74) is 0.651. The standard InChI is InChI=1S/C13H17N3O2S/c1-9(2)5-3-7-16-12(10-6-4-8-19-10)11(13(17)18)14-15-16/h4,6,8-9H,3,5,7H2,1-2H3,(H,17,18). The van der Waals surface area contributed by atoms with Crippen LogP contribution in [0.25, 0.3) is 10.6 Å². The topological polar surface area (TPSA) is 68.0 Å². The molecule has 0 saturated heterocycles. The second-order valence-electron chi connectivity index (χ2n) is 4.83. The molecule has 6 heteroatoms. The molecule has 0 aliphatic carbocycles. The quantitative estimate of drug-likeness (QED) is 0.882. The smallest absolute Gasteiger partial charge is 0.358 e. The predicted octanol–water partition coefficient (Wildman–Crippen LogP) is 3.14. The minimum absolute atomic E-state index is 0.0343. The zero-order chi connectivity index (χ0) is 13.8. The summed E-state index contributed by atoms with van der Waals surface area (Å²) in [7, 11) is 0. The molecule has 2 heterocycles. The lowest BCUT2D eigenvalue weighted by Gasteiger charge is -2.07. The summed E-state index contributed by atoms with van der Waals surface area (Å²) in [5.74, 6) is -0.397. The van der Waals surface area contributed by atoms with E-state index in [1.54, 1.807) is 4.68 Å². The van der Waals surface area contributed by atoms with Gasteiger partial charge in [0.15, 0.2) is 5.69 Å². The first-order chi connectivity index (χ1) is 9.09. The van der Waals surface area contributed by atoms with E-state index < -0.39 is 5.97 Å². The maximum Gasteiger partial charge on any atom is 0.358 e. The zero-order valence-electron chi connectivity index (χ0n) is 11.0. The number of aryl methyl sites for hydroxylation is 1. The first kappa shape index (κ1) is 13.7. The van der Waals surface area contributed by atoms with Crippen LogP contribution in [0.3, 0.4) is 0 Å². The summed E-state index contributed by atoms with van der Waals surface area (Å²) in [6.07, 6.45) is 2.06. The summed E-state index contributed by atoms with van der Waals surface area (Å²) in [6, 6.07) is 3.80. The van der Waals surface area contributed by atoms with Crippen LogP contribution in [0, 0.1) is 5.92 Å². The van der Waals surface area contributed by atoms with Crippen LogP contribution >= 0.6 is 11.3 Å².